The van der Waals surface area contributed by atoms with Crippen LogP contribution in [0.2, 0.25) is 0 Å². The van der Waals surface area contributed by atoms with Crippen LogP contribution in [-0.2, 0) is 16.2 Å². The fourth-order valence-corrected chi connectivity index (χ4v) is 5.15. The number of alkyl halides is 3. The van der Waals surface area contributed by atoms with Gasteiger partial charge in [0.05, 0.1) is 10.5 Å². The molecule has 1 aliphatic rings. The number of nitrogens with zero attached hydrogens (tertiary/aromatic N) is 2. The van der Waals surface area contributed by atoms with Crippen LogP contribution in [0, 0.1) is 11.8 Å². The Bertz CT molecular complexity index is 708. The van der Waals surface area contributed by atoms with E-state index in [1.54, 1.807) is 0 Å². The van der Waals surface area contributed by atoms with Gasteiger partial charge in [0.2, 0.25) is 10.0 Å². The SMILES string of the molecule is CCN(CC)CC1CCC(CN(C)S(=O)(=O)c2ccc(C(F)(F)F)cc2)CC1. The highest BCUT2D eigenvalue weighted by molar-refractivity contribution is 7.89. The molecule has 0 aromatic heterocycles. The van der Waals surface area contributed by atoms with Crippen LogP contribution >= 0.6 is 0 Å². The molecule has 0 saturated heterocycles. The van der Waals surface area contributed by atoms with Crippen LogP contribution in [0.1, 0.15) is 45.1 Å². The van der Waals surface area contributed by atoms with Crippen LogP contribution in [0.25, 0.3) is 0 Å². The van der Waals surface area contributed by atoms with Gasteiger partial charge in [-0.25, -0.2) is 12.7 Å². The topological polar surface area (TPSA) is 40.6 Å². The highest BCUT2D eigenvalue weighted by Crippen LogP contribution is 2.32. The zero-order valence-corrected chi connectivity index (χ0v) is 17.7. The van der Waals surface area contributed by atoms with Crippen molar-refractivity contribution in [3.05, 3.63) is 29.8 Å². The largest absolute Gasteiger partial charge is 0.416 e. The van der Waals surface area contributed by atoms with E-state index in [0.29, 0.717) is 18.4 Å². The maximum absolute atomic E-state index is 12.7. The Morgan fingerprint density at radius 2 is 1.39 bits per heavy atom. The van der Waals surface area contributed by atoms with Gasteiger partial charge >= 0.3 is 6.18 Å². The predicted octanol–water partition coefficient (Wildman–Crippen LogP) is 4.47. The Labute approximate surface area is 166 Å². The number of sulfonamides is 1. The Hall–Kier alpha value is -1.12. The van der Waals surface area contributed by atoms with Gasteiger partial charge in [-0.1, -0.05) is 13.8 Å². The zero-order chi connectivity index (χ0) is 20.9. The highest BCUT2D eigenvalue weighted by atomic mass is 32.2. The van der Waals surface area contributed by atoms with Crippen molar-refractivity contribution in [2.45, 2.75) is 50.6 Å². The Morgan fingerprint density at radius 3 is 1.82 bits per heavy atom. The summed E-state index contributed by atoms with van der Waals surface area (Å²) in [5, 5.41) is 0. The fraction of sp³-hybridized carbons (Fsp3) is 0.700. The maximum Gasteiger partial charge on any atom is 0.416 e. The van der Waals surface area contributed by atoms with Gasteiger partial charge in [-0.05, 0) is 74.9 Å². The summed E-state index contributed by atoms with van der Waals surface area (Å²) in [6, 6.07) is 3.71. The van der Waals surface area contributed by atoms with Crippen molar-refractivity contribution in [3.8, 4) is 0 Å². The van der Waals surface area contributed by atoms with E-state index in [0.717, 1.165) is 69.6 Å². The summed E-state index contributed by atoms with van der Waals surface area (Å²) in [5.74, 6) is 0.954. The van der Waals surface area contributed by atoms with E-state index in [1.165, 1.54) is 11.4 Å². The first-order valence-electron chi connectivity index (χ1n) is 9.93. The average molecular weight is 421 g/mol. The van der Waals surface area contributed by atoms with Crippen molar-refractivity contribution < 1.29 is 21.6 Å². The minimum atomic E-state index is -4.47. The monoisotopic (exact) mass is 420 g/mol. The molecule has 160 valence electrons. The fourth-order valence-electron chi connectivity index (χ4n) is 3.90. The Kier molecular flexibility index (Phi) is 7.93. The quantitative estimate of drug-likeness (QED) is 0.623. The van der Waals surface area contributed by atoms with Crippen molar-refractivity contribution in [3.63, 3.8) is 0 Å². The van der Waals surface area contributed by atoms with Crippen LogP contribution in [0.3, 0.4) is 0 Å². The minimum absolute atomic E-state index is 0.0989. The van der Waals surface area contributed by atoms with Crippen LogP contribution in [0.4, 0.5) is 13.2 Å². The van der Waals surface area contributed by atoms with Gasteiger partial charge in [0.15, 0.2) is 0 Å². The first-order chi connectivity index (χ1) is 13.1. The molecule has 0 radical (unpaired) electrons. The molecule has 0 spiro atoms. The van der Waals surface area contributed by atoms with Crippen molar-refractivity contribution >= 4 is 10.0 Å². The molecule has 0 unspecified atom stereocenters. The summed E-state index contributed by atoms with van der Waals surface area (Å²) < 4.78 is 64.7. The molecule has 8 heteroatoms. The third kappa shape index (κ3) is 5.94. The van der Waals surface area contributed by atoms with Crippen LogP contribution in [0.15, 0.2) is 29.2 Å². The summed E-state index contributed by atoms with van der Waals surface area (Å²) >= 11 is 0. The molecule has 1 saturated carbocycles. The van der Waals surface area contributed by atoms with Gasteiger partial charge in [0, 0.05) is 20.1 Å². The van der Waals surface area contributed by atoms with Gasteiger partial charge in [-0.2, -0.15) is 13.2 Å². The first-order valence-corrected chi connectivity index (χ1v) is 11.4. The number of halogens is 3. The number of benzene rings is 1. The second-order valence-corrected chi connectivity index (χ2v) is 9.73. The van der Waals surface area contributed by atoms with E-state index in [4.69, 9.17) is 0 Å². The lowest BCUT2D eigenvalue weighted by atomic mass is 9.81. The molecule has 0 aliphatic heterocycles. The third-order valence-electron chi connectivity index (χ3n) is 5.78. The van der Waals surface area contributed by atoms with Crippen molar-refractivity contribution in [1.82, 2.24) is 9.21 Å². The Balaban J connectivity index is 1.92. The third-order valence-corrected chi connectivity index (χ3v) is 7.62. The van der Waals surface area contributed by atoms with Gasteiger partial charge in [0.25, 0.3) is 0 Å². The van der Waals surface area contributed by atoms with Crippen LogP contribution in [0.5, 0.6) is 0 Å². The smallest absolute Gasteiger partial charge is 0.304 e. The van der Waals surface area contributed by atoms with E-state index in [-0.39, 0.29) is 4.90 Å². The van der Waals surface area contributed by atoms with Crippen LogP contribution in [-0.4, -0.2) is 50.8 Å². The molecule has 1 aliphatic carbocycles. The van der Waals surface area contributed by atoms with E-state index < -0.39 is 21.8 Å². The Morgan fingerprint density at radius 1 is 0.929 bits per heavy atom. The molecule has 1 fully saturated rings. The molecule has 0 bridgehead atoms. The zero-order valence-electron chi connectivity index (χ0n) is 16.9. The van der Waals surface area contributed by atoms with Crippen molar-refractivity contribution in [2.75, 3.05) is 33.2 Å². The summed E-state index contributed by atoms with van der Waals surface area (Å²) in [7, 11) is -2.27. The average Bonchev–Trinajstić information content (AvgIpc) is 2.66. The lowest BCUT2D eigenvalue weighted by Crippen LogP contribution is -2.35. The minimum Gasteiger partial charge on any atom is -0.304 e. The molecule has 28 heavy (non-hydrogen) atoms. The molecule has 1 aromatic rings. The number of hydrogen-bond acceptors (Lipinski definition) is 3. The second kappa shape index (κ2) is 9.59. The molecule has 0 amide bonds. The molecule has 2 rings (SSSR count). The molecular weight excluding hydrogens is 389 g/mol. The summed E-state index contributed by atoms with van der Waals surface area (Å²) in [5.41, 5.74) is -0.847. The van der Waals surface area contributed by atoms with E-state index in [1.807, 2.05) is 0 Å². The van der Waals surface area contributed by atoms with E-state index in [9.17, 15) is 21.6 Å². The second-order valence-electron chi connectivity index (χ2n) is 7.68. The van der Waals surface area contributed by atoms with Crippen molar-refractivity contribution in [2.24, 2.45) is 11.8 Å². The summed E-state index contributed by atoms with van der Waals surface area (Å²) in [4.78, 5) is 2.32. The predicted molar refractivity (Wildman–Crippen MR) is 104 cm³/mol. The molecular formula is C20H31F3N2O2S. The maximum atomic E-state index is 12.7. The van der Waals surface area contributed by atoms with Gasteiger partial charge < -0.3 is 4.90 Å². The summed E-state index contributed by atoms with van der Waals surface area (Å²) in [6.07, 6.45) is -0.319. The van der Waals surface area contributed by atoms with Crippen molar-refractivity contribution in [1.29, 1.82) is 0 Å². The summed E-state index contributed by atoms with van der Waals surface area (Å²) in [6.45, 7) is 7.92. The lowest BCUT2D eigenvalue weighted by molar-refractivity contribution is -0.137. The van der Waals surface area contributed by atoms with E-state index >= 15 is 0 Å². The van der Waals surface area contributed by atoms with Crippen LogP contribution < -0.4 is 0 Å². The molecule has 0 atom stereocenters. The molecule has 0 heterocycles. The standard InChI is InChI=1S/C20H31F3N2O2S/c1-4-25(5-2)15-17-8-6-16(7-9-17)14-24(3)28(26,27)19-12-10-18(11-13-19)20(21,22)23/h10-13,16-17H,4-9,14-15H2,1-3H3. The molecule has 4 nitrogen and oxygen atoms in total. The first kappa shape index (κ1) is 23.2. The number of hydrogen-bond donors (Lipinski definition) is 0. The lowest BCUT2D eigenvalue weighted by Gasteiger charge is -2.33. The van der Waals surface area contributed by atoms with Gasteiger partial charge in [-0.15, -0.1) is 0 Å². The highest BCUT2D eigenvalue weighted by Gasteiger charge is 2.32. The molecule has 1 aromatic carbocycles. The van der Waals surface area contributed by atoms with Gasteiger partial charge in [0.1, 0.15) is 0 Å². The molecule has 0 N–H and O–H groups in total. The van der Waals surface area contributed by atoms with Gasteiger partial charge in [-0.3, -0.25) is 0 Å². The number of rotatable bonds is 8. The van der Waals surface area contributed by atoms with E-state index in [2.05, 4.69) is 18.7 Å². The normalized spacial score (nSPS) is 21.4.